The van der Waals surface area contributed by atoms with Crippen molar-refractivity contribution in [2.75, 3.05) is 0 Å². The molecule has 0 aromatic carbocycles. The standard InChI is InChI=1S/C11H16OS/c1-8(12)6-9-7-13-11-5-3-2-4-10(9)11/h7-8,12H,2-6H2,1H3/t8-/m1/s1. The second-order valence-electron chi connectivity index (χ2n) is 3.92. The number of fused-ring (bicyclic) bond motifs is 1. The zero-order valence-corrected chi connectivity index (χ0v) is 8.86. The molecule has 0 unspecified atom stereocenters. The molecule has 2 heteroatoms. The summed E-state index contributed by atoms with van der Waals surface area (Å²) in [5.41, 5.74) is 2.95. The van der Waals surface area contributed by atoms with Crippen LogP contribution >= 0.6 is 11.3 Å². The molecule has 0 saturated heterocycles. The summed E-state index contributed by atoms with van der Waals surface area (Å²) in [4.78, 5) is 1.57. The molecule has 1 aliphatic carbocycles. The van der Waals surface area contributed by atoms with Crippen LogP contribution in [0.5, 0.6) is 0 Å². The number of aryl methyl sites for hydroxylation is 1. The molecule has 2 rings (SSSR count). The Morgan fingerprint density at radius 2 is 2.23 bits per heavy atom. The van der Waals surface area contributed by atoms with Gasteiger partial charge in [0.2, 0.25) is 0 Å². The van der Waals surface area contributed by atoms with Gasteiger partial charge in [-0.1, -0.05) is 0 Å². The lowest BCUT2D eigenvalue weighted by Gasteiger charge is -2.13. The SMILES string of the molecule is C[C@@H](O)Cc1csc2c1CCCC2. The number of hydrogen-bond acceptors (Lipinski definition) is 2. The first-order chi connectivity index (χ1) is 6.27. The first-order valence-electron chi connectivity index (χ1n) is 5.03. The lowest BCUT2D eigenvalue weighted by molar-refractivity contribution is 0.195. The van der Waals surface area contributed by atoms with E-state index in [1.54, 1.807) is 10.4 Å². The second-order valence-corrected chi connectivity index (χ2v) is 4.89. The lowest BCUT2D eigenvalue weighted by Crippen LogP contribution is -2.07. The molecule has 0 fully saturated rings. The summed E-state index contributed by atoms with van der Waals surface area (Å²) in [6.07, 6.45) is 5.82. The van der Waals surface area contributed by atoms with Crippen LogP contribution in [0.3, 0.4) is 0 Å². The fourth-order valence-corrected chi connectivity index (χ4v) is 3.21. The van der Waals surface area contributed by atoms with Crippen LogP contribution in [0.4, 0.5) is 0 Å². The van der Waals surface area contributed by atoms with Crippen molar-refractivity contribution >= 4 is 11.3 Å². The lowest BCUT2D eigenvalue weighted by atomic mass is 9.94. The molecule has 1 aliphatic rings. The maximum atomic E-state index is 9.33. The average Bonchev–Trinajstić information content (AvgIpc) is 2.48. The molecule has 0 spiro atoms. The predicted molar refractivity (Wildman–Crippen MR) is 56.3 cm³/mol. The number of hydrogen-bond donors (Lipinski definition) is 1. The summed E-state index contributed by atoms with van der Waals surface area (Å²) >= 11 is 1.88. The highest BCUT2D eigenvalue weighted by Crippen LogP contribution is 2.30. The summed E-state index contributed by atoms with van der Waals surface area (Å²) in [6, 6.07) is 0. The summed E-state index contributed by atoms with van der Waals surface area (Å²) < 4.78 is 0. The molecule has 13 heavy (non-hydrogen) atoms. The normalized spacial score (nSPS) is 18.3. The van der Waals surface area contributed by atoms with Crippen LogP contribution in [0, 0.1) is 0 Å². The zero-order valence-electron chi connectivity index (χ0n) is 8.05. The van der Waals surface area contributed by atoms with Crippen LogP contribution in [0.2, 0.25) is 0 Å². The Hall–Kier alpha value is -0.340. The summed E-state index contributed by atoms with van der Waals surface area (Å²) in [7, 11) is 0. The van der Waals surface area contributed by atoms with Gasteiger partial charge in [-0.2, -0.15) is 0 Å². The minimum absolute atomic E-state index is 0.194. The van der Waals surface area contributed by atoms with E-state index in [1.165, 1.54) is 31.2 Å². The van der Waals surface area contributed by atoms with Crippen molar-refractivity contribution in [2.45, 2.75) is 45.1 Å². The summed E-state index contributed by atoms with van der Waals surface area (Å²) in [5, 5.41) is 11.6. The van der Waals surface area contributed by atoms with Crippen molar-refractivity contribution in [3.63, 3.8) is 0 Å². The van der Waals surface area contributed by atoms with Gasteiger partial charge in [-0.15, -0.1) is 11.3 Å². The van der Waals surface area contributed by atoms with E-state index in [-0.39, 0.29) is 6.10 Å². The smallest absolute Gasteiger partial charge is 0.0552 e. The molecule has 0 aliphatic heterocycles. The summed E-state index contributed by atoms with van der Waals surface area (Å²) in [6.45, 7) is 1.87. The van der Waals surface area contributed by atoms with E-state index in [0.29, 0.717) is 0 Å². The average molecular weight is 196 g/mol. The molecule has 1 aromatic rings. The fourth-order valence-electron chi connectivity index (χ4n) is 2.05. The van der Waals surface area contributed by atoms with E-state index >= 15 is 0 Å². The van der Waals surface area contributed by atoms with Gasteiger partial charge in [0, 0.05) is 4.88 Å². The van der Waals surface area contributed by atoms with E-state index in [4.69, 9.17) is 0 Å². The van der Waals surface area contributed by atoms with Crippen molar-refractivity contribution in [3.8, 4) is 0 Å². The minimum atomic E-state index is -0.194. The first-order valence-corrected chi connectivity index (χ1v) is 5.91. The van der Waals surface area contributed by atoms with Crippen LogP contribution in [-0.2, 0) is 19.3 Å². The van der Waals surface area contributed by atoms with E-state index < -0.39 is 0 Å². The number of aliphatic hydroxyl groups is 1. The van der Waals surface area contributed by atoms with Crippen molar-refractivity contribution in [1.82, 2.24) is 0 Å². The van der Waals surface area contributed by atoms with Gasteiger partial charge >= 0.3 is 0 Å². The Kier molecular flexibility index (Phi) is 2.70. The Morgan fingerprint density at radius 1 is 1.46 bits per heavy atom. The highest BCUT2D eigenvalue weighted by Gasteiger charge is 2.15. The molecule has 1 heterocycles. The maximum Gasteiger partial charge on any atom is 0.0552 e. The molecular formula is C11H16OS. The van der Waals surface area contributed by atoms with Crippen molar-refractivity contribution in [3.05, 3.63) is 21.4 Å². The molecule has 1 nitrogen and oxygen atoms in total. The monoisotopic (exact) mass is 196 g/mol. The van der Waals surface area contributed by atoms with Gasteiger partial charge in [0.1, 0.15) is 0 Å². The zero-order chi connectivity index (χ0) is 9.26. The Labute approximate surface area is 83.4 Å². The van der Waals surface area contributed by atoms with Crippen molar-refractivity contribution in [2.24, 2.45) is 0 Å². The van der Waals surface area contributed by atoms with Gasteiger partial charge in [0.05, 0.1) is 6.10 Å². The Balaban J connectivity index is 2.21. The minimum Gasteiger partial charge on any atom is -0.393 e. The number of rotatable bonds is 2. The van der Waals surface area contributed by atoms with Crippen LogP contribution in [0.25, 0.3) is 0 Å². The van der Waals surface area contributed by atoms with Gasteiger partial charge in [-0.3, -0.25) is 0 Å². The molecule has 0 radical (unpaired) electrons. The van der Waals surface area contributed by atoms with Crippen LogP contribution in [0.1, 0.15) is 35.8 Å². The van der Waals surface area contributed by atoms with Crippen LogP contribution in [-0.4, -0.2) is 11.2 Å². The largest absolute Gasteiger partial charge is 0.393 e. The number of aliphatic hydroxyl groups excluding tert-OH is 1. The third kappa shape index (κ3) is 1.94. The maximum absolute atomic E-state index is 9.33. The highest BCUT2D eigenvalue weighted by molar-refractivity contribution is 7.10. The third-order valence-electron chi connectivity index (χ3n) is 2.66. The van der Waals surface area contributed by atoms with E-state index in [1.807, 2.05) is 18.3 Å². The molecule has 1 N–H and O–H groups in total. The Morgan fingerprint density at radius 3 is 3.00 bits per heavy atom. The molecule has 1 atom stereocenters. The number of thiophene rings is 1. The van der Waals surface area contributed by atoms with Crippen LogP contribution < -0.4 is 0 Å². The van der Waals surface area contributed by atoms with Gasteiger partial charge in [-0.05, 0) is 55.5 Å². The predicted octanol–water partition coefficient (Wildman–Crippen LogP) is 2.55. The fraction of sp³-hybridized carbons (Fsp3) is 0.636. The summed E-state index contributed by atoms with van der Waals surface area (Å²) in [5.74, 6) is 0. The molecule has 0 saturated carbocycles. The molecule has 0 bridgehead atoms. The van der Waals surface area contributed by atoms with Gasteiger partial charge in [0.25, 0.3) is 0 Å². The van der Waals surface area contributed by atoms with Crippen LogP contribution in [0.15, 0.2) is 5.38 Å². The van der Waals surface area contributed by atoms with E-state index in [2.05, 4.69) is 5.38 Å². The topological polar surface area (TPSA) is 20.2 Å². The van der Waals surface area contributed by atoms with Gasteiger partial charge < -0.3 is 5.11 Å². The molecule has 0 amide bonds. The second kappa shape index (κ2) is 3.81. The van der Waals surface area contributed by atoms with Gasteiger partial charge in [-0.25, -0.2) is 0 Å². The molecular weight excluding hydrogens is 180 g/mol. The molecule has 72 valence electrons. The van der Waals surface area contributed by atoms with Crippen molar-refractivity contribution < 1.29 is 5.11 Å². The highest BCUT2D eigenvalue weighted by atomic mass is 32.1. The third-order valence-corrected chi connectivity index (χ3v) is 3.80. The van der Waals surface area contributed by atoms with E-state index in [0.717, 1.165) is 6.42 Å². The van der Waals surface area contributed by atoms with E-state index in [9.17, 15) is 5.11 Å². The first kappa shape index (κ1) is 9.22. The van der Waals surface area contributed by atoms with Gasteiger partial charge in [0.15, 0.2) is 0 Å². The van der Waals surface area contributed by atoms with Crippen molar-refractivity contribution in [1.29, 1.82) is 0 Å². The Bertz CT molecular complexity index is 288. The quantitative estimate of drug-likeness (QED) is 0.770. The molecule has 1 aromatic heterocycles.